The summed E-state index contributed by atoms with van der Waals surface area (Å²) >= 11 is 0. The fourth-order valence-corrected chi connectivity index (χ4v) is 1.64. The van der Waals surface area contributed by atoms with Crippen LogP contribution in [0.15, 0.2) is 24.3 Å². The average molecular weight is 511 g/mol. The summed E-state index contributed by atoms with van der Waals surface area (Å²) in [6.07, 6.45) is 10.2. The fraction of sp³-hybridized carbons (Fsp3) is 0.583. The van der Waals surface area contributed by atoms with E-state index < -0.39 is 11.9 Å². The van der Waals surface area contributed by atoms with Crippen molar-refractivity contribution in [1.82, 2.24) is 0 Å². The van der Waals surface area contributed by atoms with Gasteiger partial charge in [0.2, 0.25) is 0 Å². The van der Waals surface area contributed by atoms with Crippen LogP contribution >= 0.6 is 0 Å². The van der Waals surface area contributed by atoms with Crippen molar-refractivity contribution >= 4 is 35.8 Å². The molecule has 0 aliphatic carbocycles. The first kappa shape index (κ1) is 35.4. The molecule has 0 atom stereocenters. The Morgan fingerprint density at radius 1 is 0.862 bits per heavy atom. The van der Waals surface area contributed by atoms with Gasteiger partial charge in [-0.3, -0.25) is 0 Å². The van der Waals surface area contributed by atoms with E-state index in [4.69, 9.17) is 0 Å². The minimum Gasteiger partial charge on any atom is -0.550 e. The van der Waals surface area contributed by atoms with Gasteiger partial charge in [-0.2, -0.15) is 0 Å². The fourth-order valence-electron chi connectivity index (χ4n) is 1.64. The van der Waals surface area contributed by atoms with Gasteiger partial charge in [-0.05, 0) is 25.3 Å². The molecule has 1 aromatic rings. The van der Waals surface area contributed by atoms with E-state index >= 15 is 0 Å². The van der Waals surface area contributed by atoms with Crippen LogP contribution in [0.3, 0.4) is 0 Å². The van der Waals surface area contributed by atoms with Gasteiger partial charge in [0.15, 0.2) is 0 Å². The molecule has 0 saturated heterocycles. The minimum atomic E-state index is -1.12. The van der Waals surface area contributed by atoms with Crippen LogP contribution in [-0.4, -0.2) is 35.8 Å². The van der Waals surface area contributed by atoms with Gasteiger partial charge in [0, 0.05) is 5.97 Å². The molecule has 164 valence electrons. The van der Waals surface area contributed by atoms with Crippen molar-refractivity contribution in [1.29, 1.82) is 0 Å². The number of carbonyl (C=O) groups excluding carboxylic acids is 2. The van der Waals surface area contributed by atoms with Gasteiger partial charge in [0.05, 0.1) is 5.97 Å². The smallest absolute Gasteiger partial charge is 0.550 e. The number of carboxylic acid groups (broad SMARTS) is 2. The van der Waals surface area contributed by atoms with Crippen LogP contribution in [-0.2, 0) is 4.79 Å². The first-order valence-corrected chi connectivity index (χ1v) is 10.4. The third-order valence-corrected chi connectivity index (χ3v) is 3.45. The van der Waals surface area contributed by atoms with E-state index in [1.807, 2.05) is 13.0 Å². The van der Waals surface area contributed by atoms with Crippen molar-refractivity contribution in [2.24, 2.45) is 0 Å². The molecule has 29 heavy (non-hydrogen) atoms. The van der Waals surface area contributed by atoms with Crippen molar-refractivity contribution in [2.45, 2.75) is 91.9 Å². The predicted molar refractivity (Wildman–Crippen MR) is 120 cm³/mol. The SMILES string of the molecule is CCCCCCCC(=O)[O-].Cc1cccc(C(=O)[O-])c1.[CH2]CCC.[CH2]CCC.[Sn+2]. The summed E-state index contributed by atoms with van der Waals surface area (Å²) < 4.78 is 0. The number of hydrogen-bond acceptors (Lipinski definition) is 4. The molecule has 0 saturated carbocycles. The number of hydrogen-bond donors (Lipinski definition) is 0. The summed E-state index contributed by atoms with van der Waals surface area (Å²) in [5.41, 5.74) is 1.17. The second kappa shape index (κ2) is 29.2. The molecule has 1 rings (SSSR count). The normalized spacial score (nSPS) is 8.62. The van der Waals surface area contributed by atoms with Crippen molar-refractivity contribution in [2.75, 3.05) is 0 Å². The molecular weight excluding hydrogens is 471 g/mol. The number of carbonyl (C=O) groups is 2. The maximum Gasteiger partial charge on any atom is 2.00 e. The van der Waals surface area contributed by atoms with Gasteiger partial charge in [0.1, 0.15) is 0 Å². The zero-order chi connectivity index (χ0) is 22.2. The number of aliphatic carboxylic acids is 1. The maximum absolute atomic E-state index is 10.2. The summed E-state index contributed by atoms with van der Waals surface area (Å²) in [6, 6.07) is 6.63. The van der Waals surface area contributed by atoms with Crippen molar-refractivity contribution in [3.05, 3.63) is 49.2 Å². The molecule has 4 nitrogen and oxygen atoms in total. The number of rotatable bonds is 9. The van der Waals surface area contributed by atoms with Crippen LogP contribution in [0.1, 0.15) is 101 Å². The van der Waals surface area contributed by atoms with E-state index in [9.17, 15) is 19.8 Å². The van der Waals surface area contributed by atoms with Gasteiger partial charge in [-0.1, -0.05) is 116 Å². The topological polar surface area (TPSA) is 80.3 Å². The Labute approximate surface area is 196 Å². The summed E-state index contributed by atoms with van der Waals surface area (Å²) in [7, 11) is 0. The van der Waals surface area contributed by atoms with E-state index in [2.05, 4.69) is 34.6 Å². The molecule has 0 unspecified atom stereocenters. The molecule has 5 heteroatoms. The largest absolute Gasteiger partial charge is 2.00 e. The number of carboxylic acids is 2. The summed E-state index contributed by atoms with van der Waals surface area (Å²) in [4.78, 5) is 20.2. The van der Waals surface area contributed by atoms with Gasteiger partial charge in [0.25, 0.3) is 0 Å². The predicted octanol–water partition coefficient (Wildman–Crippen LogP) is 4.32. The molecule has 0 amide bonds. The van der Waals surface area contributed by atoms with Crippen LogP contribution in [0.4, 0.5) is 0 Å². The molecule has 0 aliphatic heterocycles. The number of benzene rings is 1. The zero-order valence-corrected chi connectivity index (χ0v) is 21.8. The van der Waals surface area contributed by atoms with Crippen LogP contribution in [0.2, 0.25) is 0 Å². The second-order valence-electron chi connectivity index (χ2n) is 6.40. The number of unbranched alkanes of at least 4 members (excludes halogenated alkanes) is 6. The van der Waals surface area contributed by atoms with E-state index in [0.29, 0.717) is 0 Å². The molecule has 4 radical (unpaired) electrons. The minimum absolute atomic E-state index is 0. The molecule has 0 N–H and O–H groups in total. The third-order valence-electron chi connectivity index (χ3n) is 3.45. The monoisotopic (exact) mass is 512 g/mol. The number of aryl methyl sites for hydroxylation is 1. The second-order valence-corrected chi connectivity index (χ2v) is 6.40. The first-order chi connectivity index (χ1) is 13.3. The van der Waals surface area contributed by atoms with Crippen LogP contribution in [0, 0.1) is 20.8 Å². The van der Waals surface area contributed by atoms with E-state index in [1.165, 1.54) is 31.7 Å². The molecule has 0 aliphatic rings. The van der Waals surface area contributed by atoms with Crippen molar-refractivity contribution in [3.63, 3.8) is 0 Å². The standard InChI is InChI=1S/C8H8O2.C8H16O2.2C4H9.Sn/c1-6-3-2-4-7(5-6)8(9)10;1-2-3-4-5-6-7-8(9)10;2*1-3-4-2;/h2-5H,1H3,(H,9,10);2-7H2,1H3,(H,9,10);2*1,3-4H2,2H3;/q;;;;+2/p-2. The number of aromatic carboxylic acids is 1. The van der Waals surface area contributed by atoms with Gasteiger partial charge < -0.3 is 19.8 Å². The summed E-state index contributed by atoms with van der Waals surface area (Å²) in [6.45, 7) is 15.4. The molecule has 0 aromatic heterocycles. The molecule has 0 bridgehead atoms. The Kier molecular flexibility index (Phi) is 35.6. The Morgan fingerprint density at radius 3 is 1.66 bits per heavy atom. The summed E-state index contributed by atoms with van der Waals surface area (Å²) in [5.74, 6) is -2.04. The van der Waals surface area contributed by atoms with Gasteiger partial charge in [-0.25, -0.2) is 0 Å². The van der Waals surface area contributed by atoms with Crippen LogP contribution < -0.4 is 10.2 Å². The average Bonchev–Trinajstić information content (AvgIpc) is 2.68. The quantitative estimate of drug-likeness (QED) is 0.366. The zero-order valence-electron chi connectivity index (χ0n) is 18.9. The summed E-state index contributed by atoms with van der Waals surface area (Å²) in [5, 5.41) is 20.2. The Balaban J connectivity index is -0.000000155. The van der Waals surface area contributed by atoms with Crippen molar-refractivity contribution < 1.29 is 19.8 Å². The maximum atomic E-state index is 10.2. The van der Waals surface area contributed by atoms with Crippen molar-refractivity contribution in [3.8, 4) is 0 Å². The molecule has 0 heterocycles. The van der Waals surface area contributed by atoms with E-state index in [1.54, 1.807) is 12.1 Å². The van der Waals surface area contributed by atoms with E-state index in [0.717, 1.165) is 37.7 Å². The molecule has 1 aromatic carbocycles. The molecule has 0 fully saturated rings. The Bertz CT molecular complexity index is 468. The van der Waals surface area contributed by atoms with Crippen LogP contribution in [0.5, 0.6) is 0 Å². The third kappa shape index (κ3) is 34.8. The van der Waals surface area contributed by atoms with Gasteiger partial charge >= 0.3 is 23.9 Å². The van der Waals surface area contributed by atoms with Crippen LogP contribution in [0.25, 0.3) is 0 Å². The van der Waals surface area contributed by atoms with E-state index in [-0.39, 0.29) is 35.9 Å². The molecule has 0 spiro atoms. The molecular formula is C24H40O4Sn. The Morgan fingerprint density at radius 2 is 1.34 bits per heavy atom. The first-order valence-electron chi connectivity index (χ1n) is 10.4. The Hall–Kier alpha value is -1.04. The van der Waals surface area contributed by atoms with Gasteiger partial charge in [-0.15, -0.1) is 0 Å².